The highest BCUT2D eigenvalue weighted by Gasteiger charge is 2.35. The SMILES string of the molecule is C[Si]1(C)c2ccccc2-c2cccc3c(-c4cccc(-c5c6ccccc6cc6c5ccc5ccccc56)c4)ccc1c23. The number of rotatable bonds is 2. The Morgan fingerprint density at radius 3 is 1.98 bits per heavy atom. The molecule has 1 heterocycles. The predicted octanol–water partition coefficient (Wildman–Crippen LogP) is 10.4. The number of benzene rings is 8. The van der Waals surface area contributed by atoms with Gasteiger partial charge < -0.3 is 0 Å². The van der Waals surface area contributed by atoms with Gasteiger partial charge in [-0.05, 0) is 99.0 Å². The summed E-state index contributed by atoms with van der Waals surface area (Å²) >= 11 is 0. The first-order valence-corrected chi connectivity index (χ1v) is 18.2. The van der Waals surface area contributed by atoms with E-state index < -0.39 is 8.07 Å². The first kappa shape index (κ1) is 24.6. The van der Waals surface area contributed by atoms with Crippen LogP contribution < -0.4 is 10.4 Å². The summed E-state index contributed by atoms with van der Waals surface area (Å²) in [4.78, 5) is 0. The Kier molecular flexibility index (Phi) is 5.15. The smallest absolute Gasteiger partial charge is 0.0623 e. The van der Waals surface area contributed by atoms with E-state index in [-0.39, 0.29) is 0 Å². The highest BCUT2D eigenvalue weighted by molar-refractivity contribution is 7.03. The molecule has 8 aromatic carbocycles. The van der Waals surface area contributed by atoms with Crippen molar-refractivity contribution in [2.45, 2.75) is 13.1 Å². The van der Waals surface area contributed by atoms with Gasteiger partial charge in [0.1, 0.15) is 8.07 Å². The maximum atomic E-state index is 2.51. The summed E-state index contributed by atoms with van der Waals surface area (Å²) in [6.07, 6.45) is 0. The summed E-state index contributed by atoms with van der Waals surface area (Å²) in [7, 11) is -1.83. The van der Waals surface area contributed by atoms with E-state index in [1.807, 2.05) is 0 Å². The van der Waals surface area contributed by atoms with E-state index in [1.165, 1.54) is 76.5 Å². The van der Waals surface area contributed by atoms with Crippen molar-refractivity contribution < 1.29 is 0 Å². The van der Waals surface area contributed by atoms with E-state index in [0.29, 0.717) is 0 Å². The van der Waals surface area contributed by atoms with E-state index in [4.69, 9.17) is 0 Å². The molecule has 0 saturated heterocycles. The molecule has 8 aromatic rings. The Morgan fingerprint density at radius 2 is 1.07 bits per heavy atom. The van der Waals surface area contributed by atoms with Crippen LogP contribution in [0.1, 0.15) is 0 Å². The lowest BCUT2D eigenvalue weighted by molar-refractivity contribution is 1.61. The van der Waals surface area contributed by atoms with Crippen LogP contribution in [0, 0.1) is 0 Å². The van der Waals surface area contributed by atoms with Crippen LogP contribution in [0.2, 0.25) is 13.1 Å². The second-order valence-corrected chi connectivity index (χ2v) is 16.8. The molecule has 1 heteroatoms. The fourth-order valence-electron chi connectivity index (χ4n) is 7.79. The Bertz CT molecular complexity index is 2430. The minimum absolute atomic E-state index is 1.26. The zero-order valence-corrected chi connectivity index (χ0v) is 25.4. The van der Waals surface area contributed by atoms with E-state index in [2.05, 4.69) is 159 Å². The third-order valence-electron chi connectivity index (χ3n) is 9.84. The summed E-state index contributed by atoms with van der Waals surface area (Å²) in [5.41, 5.74) is 7.93. The molecular formula is C42H30Si. The molecule has 0 N–H and O–H groups in total. The summed E-state index contributed by atoms with van der Waals surface area (Å²) in [6.45, 7) is 5.01. The van der Waals surface area contributed by atoms with E-state index >= 15 is 0 Å². The van der Waals surface area contributed by atoms with Crippen LogP contribution in [0.15, 0.2) is 146 Å². The molecule has 0 radical (unpaired) electrons. The van der Waals surface area contributed by atoms with Crippen LogP contribution in [0.4, 0.5) is 0 Å². The molecule has 0 amide bonds. The minimum atomic E-state index is -1.83. The van der Waals surface area contributed by atoms with Crippen molar-refractivity contribution in [3.05, 3.63) is 146 Å². The summed E-state index contributed by atoms with van der Waals surface area (Å²) in [5, 5.41) is 13.7. The van der Waals surface area contributed by atoms with Crippen molar-refractivity contribution in [1.82, 2.24) is 0 Å². The highest BCUT2D eigenvalue weighted by atomic mass is 28.3. The van der Waals surface area contributed by atoms with Gasteiger partial charge in [0.25, 0.3) is 0 Å². The normalized spacial score (nSPS) is 13.5. The van der Waals surface area contributed by atoms with Gasteiger partial charge in [-0.1, -0.05) is 147 Å². The Morgan fingerprint density at radius 1 is 0.372 bits per heavy atom. The zero-order valence-electron chi connectivity index (χ0n) is 24.4. The molecular weight excluding hydrogens is 533 g/mol. The van der Waals surface area contributed by atoms with Crippen molar-refractivity contribution in [2.75, 3.05) is 0 Å². The number of hydrogen-bond acceptors (Lipinski definition) is 0. The molecule has 0 bridgehead atoms. The summed E-state index contributed by atoms with van der Waals surface area (Å²) in [5.74, 6) is 0. The van der Waals surface area contributed by atoms with Gasteiger partial charge in [-0.3, -0.25) is 0 Å². The van der Waals surface area contributed by atoms with Crippen molar-refractivity contribution in [1.29, 1.82) is 0 Å². The molecule has 0 unspecified atom stereocenters. The van der Waals surface area contributed by atoms with E-state index in [0.717, 1.165) is 0 Å². The van der Waals surface area contributed by atoms with Gasteiger partial charge in [0.05, 0.1) is 0 Å². The van der Waals surface area contributed by atoms with Crippen molar-refractivity contribution >= 4 is 61.5 Å². The van der Waals surface area contributed by atoms with Crippen LogP contribution >= 0.6 is 0 Å². The summed E-state index contributed by atoms with van der Waals surface area (Å²) < 4.78 is 0. The second-order valence-electron chi connectivity index (χ2n) is 12.5. The maximum Gasteiger partial charge on any atom is 0.113 e. The topological polar surface area (TPSA) is 0 Å². The van der Waals surface area contributed by atoms with Crippen LogP contribution in [-0.2, 0) is 0 Å². The first-order valence-electron chi connectivity index (χ1n) is 15.2. The lowest BCUT2D eigenvalue weighted by Crippen LogP contribution is -2.55. The quantitative estimate of drug-likeness (QED) is 0.112. The first-order chi connectivity index (χ1) is 21.1. The standard InChI is InChI=1S/C42H30Si/c1-43(2)39-20-8-7-17-34(39)36-19-10-18-35-32(23-24-40(43)42(35)36)28-13-9-14-30(25-28)41-33-16-6-4-12-29(33)26-38-31-15-5-3-11-27(31)21-22-37(38)41/h3-26H,1-2H3. The van der Waals surface area contributed by atoms with Crippen LogP contribution in [-0.4, -0.2) is 8.07 Å². The molecule has 0 spiro atoms. The van der Waals surface area contributed by atoms with E-state index in [9.17, 15) is 0 Å². The van der Waals surface area contributed by atoms with Gasteiger partial charge >= 0.3 is 0 Å². The molecule has 0 atom stereocenters. The Labute approximate surface area is 252 Å². The Hall–Kier alpha value is -4.98. The van der Waals surface area contributed by atoms with Crippen molar-refractivity contribution in [3.8, 4) is 33.4 Å². The van der Waals surface area contributed by atoms with Gasteiger partial charge in [-0.25, -0.2) is 0 Å². The molecule has 0 fully saturated rings. The van der Waals surface area contributed by atoms with Crippen LogP contribution in [0.25, 0.3) is 76.5 Å². The van der Waals surface area contributed by atoms with Crippen molar-refractivity contribution in [2.24, 2.45) is 0 Å². The lowest BCUT2D eigenvalue weighted by Gasteiger charge is -2.34. The van der Waals surface area contributed by atoms with Gasteiger partial charge in [-0.15, -0.1) is 0 Å². The second kappa shape index (κ2) is 9.01. The lowest BCUT2D eigenvalue weighted by atomic mass is 9.88. The highest BCUT2D eigenvalue weighted by Crippen LogP contribution is 2.42. The largest absolute Gasteiger partial charge is 0.113 e. The molecule has 0 saturated carbocycles. The fourth-order valence-corrected chi connectivity index (χ4v) is 10.9. The third kappa shape index (κ3) is 3.49. The zero-order chi connectivity index (χ0) is 28.7. The third-order valence-corrected chi connectivity index (χ3v) is 13.4. The molecule has 1 aliphatic heterocycles. The molecule has 202 valence electrons. The predicted molar refractivity (Wildman–Crippen MR) is 190 cm³/mol. The Balaban J connectivity index is 1.32. The van der Waals surface area contributed by atoms with Crippen LogP contribution in [0.5, 0.6) is 0 Å². The maximum absolute atomic E-state index is 2.51. The number of fused-ring (bicyclic) bond motifs is 6. The van der Waals surface area contributed by atoms with Gasteiger partial charge in [-0.2, -0.15) is 0 Å². The summed E-state index contributed by atoms with van der Waals surface area (Å²) in [6, 6.07) is 54.6. The molecule has 0 aliphatic carbocycles. The average molecular weight is 563 g/mol. The van der Waals surface area contributed by atoms with Gasteiger partial charge in [0.15, 0.2) is 0 Å². The average Bonchev–Trinajstić information content (AvgIpc) is 3.06. The van der Waals surface area contributed by atoms with E-state index in [1.54, 1.807) is 10.4 Å². The molecule has 43 heavy (non-hydrogen) atoms. The molecule has 9 rings (SSSR count). The number of hydrogen-bond donors (Lipinski definition) is 0. The molecule has 1 aliphatic rings. The van der Waals surface area contributed by atoms with Gasteiger partial charge in [0, 0.05) is 0 Å². The van der Waals surface area contributed by atoms with Crippen LogP contribution in [0.3, 0.4) is 0 Å². The molecule has 0 aromatic heterocycles. The molecule has 0 nitrogen and oxygen atoms in total. The fraction of sp³-hybridized carbons (Fsp3) is 0.0476. The monoisotopic (exact) mass is 562 g/mol. The van der Waals surface area contributed by atoms with Crippen molar-refractivity contribution in [3.63, 3.8) is 0 Å². The minimum Gasteiger partial charge on any atom is -0.0623 e. The van der Waals surface area contributed by atoms with Gasteiger partial charge in [0.2, 0.25) is 0 Å².